The molecule has 2 aromatic carbocycles. The summed E-state index contributed by atoms with van der Waals surface area (Å²) < 4.78 is 42.3. The molecule has 7 nitrogen and oxygen atoms in total. The summed E-state index contributed by atoms with van der Waals surface area (Å²) >= 11 is 0. The highest BCUT2D eigenvalue weighted by Crippen LogP contribution is 2.30. The number of benzene rings is 2. The molecule has 0 bridgehead atoms. The summed E-state index contributed by atoms with van der Waals surface area (Å²) in [4.78, 5) is 26.9. The Labute approximate surface area is 199 Å². The van der Waals surface area contributed by atoms with Crippen LogP contribution in [0.15, 0.2) is 77.9 Å². The van der Waals surface area contributed by atoms with E-state index in [4.69, 9.17) is 0 Å². The SMILES string of the molecule is Cc1cc(=O)c(C(=O)N(C)Cc2cnn(Cc3ccccc3)c2)nn1-c1cccc(C(F)(F)F)c1. The largest absolute Gasteiger partial charge is 0.416 e. The summed E-state index contributed by atoms with van der Waals surface area (Å²) in [5.74, 6) is -0.647. The van der Waals surface area contributed by atoms with Crippen LogP contribution in [0, 0.1) is 6.92 Å². The van der Waals surface area contributed by atoms with E-state index in [0.29, 0.717) is 12.2 Å². The quantitative estimate of drug-likeness (QED) is 0.416. The summed E-state index contributed by atoms with van der Waals surface area (Å²) in [7, 11) is 1.52. The minimum atomic E-state index is -4.53. The number of alkyl halides is 3. The maximum absolute atomic E-state index is 13.1. The predicted octanol–water partition coefficient (Wildman–Crippen LogP) is 4.08. The minimum absolute atomic E-state index is 0.0937. The Morgan fingerprint density at radius 1 is 1.03 bits per heavy atom. The van der Waals surface area contributed by atoms with Crippen LogP contribution in [0.4, 0.5) is 13.2 Å². The molecule has 4 rings (SSSR count). The highest BCUT2D eigenvalue weighted by Gasteiger charge is 2.30. The molecule has 1 amide bonds. The first-order valence-corrected chi connectivity index (χ1v) is 10.7. The van der Waals surface area contributed by atoms with E-state index >= 15 is 0 Å². The molecule has 0 spiro atoms. The van der Waals surface area contributed by atoms with E-state index in [1.165, 1.54) is 37.1 Å². The van der Waals surface area contributed by atoms with Crippen molar-refractivity contribution in [2.45, 2.75) is 26.2 Å². The standard InChI is InChI=1S/C25H22F3N5O2/c1-17-11-22(34)23(30-33(17)21-10-6-9-20(12-21)25(26,27)28)24(35)31(2)14-19-13-29-32(16-19)15-18-7-4-3-5-8-18/h3-13,16H,14-15H2,1-2H3. The van der Waals surface area contributed by atoms with Crippen LogP contribution >= 0.6 is 0 Å². The summed E-state index contributed by atoms with van der Waals surface area (Å²) in [6.07, 6.45) is -1.09. The van der Waals surface area contributed by atoms with E-state index in [9.17, 15) is 22.8 Å². The van der Waals surface area contributed by atoms with Crippen LogP contribution in [0.1, 0.15) is 32.9 Å². The van der Waals surface area contributed by atoms with Crippen LogP contribution in [0.25, 0.3) is 5.69 Å². The summed E-state index contributed by atoms with van der Waals surface area (Å²) in [6, 6.07) is 15.5. The molecule has 35 heavy (non-hydrogen) atoms. The van der Waals surface area contributed by atoms with Crippen LogP contribution in [0.3, 0.4) is 0 Å². The first-order valence-electron chi connectivity index (χ1n) is 10.7. The smallest absolute Gasteiger partial charge is 0.336 e. The van der Waals surface area contributed by atoms with Gasteiger partial charge < -0.3 is 4.90 Å². The van der Waals surface area contributed by atoms with Gasteiger partial charge in [-0.15, -0.1) is 0 Å². The van der Waals surface area contributed by atoms with Gasteiger partial charge in [0.25, 0.3) is 5.91 Å². The molecule has 0 unspecified atom stereocenters. The van der Waals surface area contributed by atoms with Crippen molar-refractivity contribution in [1.29, 1.82) is 0 Å². The third kappa shape index (κ3) is 5.48. The molecule has 0 aliphatic carbocycles. The van der Waals surface area contributed by atoms with Gasteiger partial charge in [-0.2, -0.15) is 23.4 Å². The van der Waals surface area contributed by atoms with Crippen LogP contribution in [-0.4, -0.2) is 37.4 Å². The number of hydrogen-bond acceptors (Lipinski definition) is 4. The van der Waals surface area contributed by atoms with E-state index < -0.39 is 23.1 Å². The molecule has 0 saturated heterocycles. The first-order chi connectivity index (χ1) is 16.6. The molecule has 2 aromatic heterocycles. The van der Waals surface area contributed by atoms with Gasteiger partial charge >= 0.3 is 6.18 Å². The molecule has 4 aromatic rings. The molecule has 10 heteroatoms. The summed E-state index contributed by atoms with van der Waals surface area (Å²) in [6.45, 7) is 2.28. The number of halogens is 3. The molecule has 180 valence electrons. The van der Waals surface area contributed by atoms with Gasteiger partial charge in [-0.05, 0) is 30.7 Å². The number of carbonyl (C=O) groups is 1. The van der Waals surface area contributed by atoms with Gasteiger partial charge in [-0.3, -0.25) is 14.3 Å². The van der Waals surface area contributed by atoms with Crippen molar-refractivity contribution in [3.8, 4) is 5.69 Å². The fourth-order valence-electron chi connectivity index (χ4n) is 3.64. The van der Waals surface area contributed by atoms with Gasteiger partial charge in [0.2, 0.25) is 5.43 Å². The number of aromatic nitrogens is 4. The van der Waals surface area contributed by atoms with Crippen molar-refractivity contribution in [2.24, 2.45) is 0 Å². The van der Waals surface area contributed by atoms with Crippen LogP contribution in [0.5, 0.6) is 0 Å². The van der Waals surface area contributed by atoms with Crippen molar-refractivity contribution in [1.82, 2.24) is 24.5 Å². The number of carbonyl (C=O) groups excluding carboxylic acids is 1. The van der Waals surface area contributed by atoms with Crippen LogP contribution in [0.2, 0.25) is 0 Å². The maximum atomic E-state index is 13.1. The molecule has 0 aliphatic heterocycles. The van der Waals surface area contributed by atoms with Crippen molar-refractivity contribution < 1.29 is 18.0 Å². The lowest BCUT2D eigenvalue weighted by Gasteiger charge is -2.17. The van der Waals surface area contributed by atoms with Gasteiger partial charge in [-0.1, -0.05) is 36.4 Å². The Bertz CT molecular complexity index is 1410. The number of hydrogen-bond donors (Lipinski definition) is 0. The second-order valence-electron chi connectivity index (χ2n) is 8.15. The van der Waals surface area contributed by atoms with Crippen molar-refractivity contribution in [3.05, 3.63) is 111 Å². The van der Waals surface area contributed by atoms with Crippen LogP contribution < -0.4 is 5.43 Å². The van der Waals surface area contributed by atoms with Gasteiger partial charge in [0.1, 0.15) is 0 Å². The van der Waals surface area contributed by atoms with Crippen molar-refractivity contribution in [3.63, 3.8) is 0 Å². The molecule has 2 heterocycles. The lowest BCUT2D eigenvalue weighted by Crippen LogP contribution is -2.33. The predicted molar refractivity (Wildman–Crippen MR) is 123 cm³/mol. The van der Waals surface area contributed by atoms with E-state index in [2.05, 4.69) is 10.2 Å². The molecule has 0 fully saturated rings. The Kier molecular flexibility index (Phi) is 6.54. The Hall–Kier alpha value is -4.21. The van der Waals surface area contributed by atoms with Gasteiger partial charge in [0.15, 0.2) is 5.69 Å². The van der Waals surface area contributed by atoms with Crippen molar-refractivity contribution in [2.75, 3.05) is 7.05 Å². The van der Waals surface area contributed by atoms with Gasteiger partial charge in [0.05, 0.1) is 24.0 Å². The van der Waals surface area contributed by atoms with Gasteiger partial charge in [-0.25, -0.2) is 4.68 Å². The highest BCUT2D eigenvalue weighted by atomic mass is 19.4. The minimum Gasteiger partial charge on any atom is -0.336 e. The molecule has 0 N–H and O–H groups in total. The summed E-state index contributed by atoms with van der Waals surface area (Å²) in [5, 5.41) is 8.43. The lowest BCUT2D eigenvalue weighted by atomic mass is 10.2. The monoisotopic (exact) mass is 481 g/mol. The number of amides is 1. The number of rotatable bonds is 6. The average molecular weight is 481 g/mol. The topological polar surface area (TPSA) is 73.0 Å². The first kappa shape index (κ1) is 23.9. The van der Waals surface area contributed by atoms with E-state index in [1.54, 1.807) is 17.1 Å². The molecular weight excluding hydrogens is 459 g/mol. The zero-order valence-corrected chi connectivity index (χ0v) is 19.0. The lowest BCUT2D eigenvalue weighted by molar-refractivity contribution is -0.137. The van der Waals surface area contributed by atoms with E-state index in [0.717, 1.165) is 27.9 Å². The molecular formula is C25H22F3N5O2. The zero-order chi connectivity index (χ0) is 25.2. The molecule has 0 radical (unpaired) electrons. The Balaban J connectivity index is 1.55. The number of aryl methyl sites for hydroxylation is 1. The maximum Gasteiger partial charge on any atom is 0.416 e. The van der Waals surface area contributed by atoms with Crippen LogP contribution in [-0.2, 0) is 19.3 Å². The third-order valence-electron chi connectivity index (χ3n) is 5.37. The molecule has 0 saturated carbocycles. The summed E-state index contributed by atoms with van der Waals surface area (Å²) in [5.41, 5.74) is 0.376. The average Bonchev–Trinajstić information content (AvgIpc) is 3.25. The van der Waals surface area contributed by atoms with E-state index in [-0.39, 0.29) is 17.9 Å². The fraction of sp³-hybridized carbons (Fsp3) is 0.200. The second-order valence-corrected chi connectivity index (χ2v) is 8.15. The van der Waals surface area contributed by atoms with Gasteiger partial charge in [0, 0.05) is 37.1 Å². The highest BCUT2D eigenvalue weighted by molar-refractivity contribution is 5.91. The van der Waals surface area contributed by atoms with E-state index in [1.807, 2.05) is 30.3 Å². The number of nitrogens with zero attached hydrogens (tertiary/aromatic N) is 5. The normalized spacial score (nSPS) is 11.5. The Morgan fingerprint density at radius 2 is 1.77 bits per heavy atom. The second kappa shape index (κ2) is 9.57. The van der Waals surface area contributed by atoms with Crippen molar-refractivity contribution >= 4 is 5.91 Å². The zero-order valence-electron chi connectivity index (χ0n) is 19.0. The fourth-order valence-corrected chi connectivity index (χ4v) is 3.64. The Morgan fingerprint density at radius 3 is 2.49 bits per heavy atom. The third-order valence-corrected chi connectivity index (χ3v) is 5.37. The molecule has 0 atom stereocenters. The molecule has 0 aliphatic rings.